The zero-order valence-electron chi connectivity index (χ0n) is 7.21. The van der Waals surface area contributed by atoms with Crippen LogP contribution in [0.2, 0.25) is 0 Å². The van der Waals surface area contributed by atoms with E-state index in [-0.39, 0.29) is 0 Å². The molecular weight excluding hydrogens is 152 g/mol. The number of H-pyrrole nitrogens is 1. The normalized spacial score (nSPS) is 10.4. The Hall–Kier alpha value is -0.870. The van der Waals surface area contributed by atoms with Gasteiger partial charge in [0, 0.05) is 25.4 Å². The molecule has 0 atom stereocenters. The lowest BCUT2D eigenvalue weighted by Gasteiger charge is -2.00. The minimum absolute atomic E-state index is 0.758. The Morgan fingerprint density at radius 3 is 3.08 bits per heavy atom. The van der Waals surface area contributed by atoms with Crippen LogP contribution in [0.5, 0.6) is 0 Å². The fourth-order valence-electron chi connectivity index (χ4n) is 0.994. The lowest BCUT2D eigenvalue weighted by atomic mass is 10.4. The van der Waals surface area contributed by atoms with Crippen LogP contribution >= 0.6 is 0 Å². The van der Waals surface area contributed by atoms with Crippen LogP contribution in [0.25, 0.3) is 0 Å². The second-order valence-electron chi connectivity index (χ2n) is 2.68. The summed E-state index contributed by atoms with van der Waals surface area (Å²) in [6, 6.07) is 0. The highest BCUT2D eigenvalue weighted by molar-refractivity contribution is 4.87. The van der Waals surface area contributed by atoms with Crippen molar-refractivity contribution in [2.24, 2.45) is 5.73 Å². The molecule has 1 rings (SSSR count). The van der Waals surface area contributed by atoms with Gasteiger partial charge in [-0.15, -0.1) is 0 Å². The molecule has 0 aliphatic heterocycles. The largest absolute Gasteiger partial charge is 0.349 e. The quantitative estimate of drug-likeness (QED) is 0.519. The van der Waals surface area contributed by atoms with Gasteiger partial charge in [-0.25, -0.2) is 4.98 Å². The van der Waals surface area contributed by atoms with Crippen LogP contribution in [0, 0.1) is 0 Å². The Labute approximate surface area is 72.6 Å². The molecule has 0 aliphatic carbocycles. The number of imidazole rings is 1. The minimum Gasteiger partial charge on any atom is -0.349 e. The third kappa shape index (κ3) is 3.50. The molecule has 0 saturated heterocycles. The number of hydrogen-bond donors (Lipinski definition) is 3. The van der Waals surface area contributed by atoms with Crippen molar-refractivity contribution in [1.82, 2.24) is 15.3 Å². The van der Waals surface area contributed by atoms with Crippen LogP contribution in [0.4, 0.5) is 0 Å². The summed E-state index contributed by atoms with van der Waals surface area (Å²) in [4.78, 5) is 7.17. The van der Waals surface area contributed by atoms with Gasteiger partial charge in [0.25, 0.3) is 0 Å². The first-order valence-corrected chi connectivity index (χ1v) is 4.32. The minimum atomic E-state index is 0.758. The molecule has 0 radical (unpaired) electrons. The zero-order chi connectivity index (χ0) is 8.65. The van der Waals surface area contributed by atoms with Gasteiger partial charge in [0.05, 0.1) is 0 Å². The highest BCUT2D eigenvalue weighted by atomic mass is 14.9. The molecule has 0 aliphatic rings. The fourth-order valence-corrected chi connectivity index (χ4v) is 0.994. The summed E-state index contributed by atoms with van der Waals surface area (Å²) in [6.07, 6.45) is 5.61. The molecule has 4 nitrogen and oxygen atoms in total. The molecule has 0 amide bonds. The molecule has 1 heterocycles. The molecule has 12 heavy (non-hydrogen) atoms. The van der Waals surface area contributed by atoms with Crippen molar-refractivity contribution < 1.29 is 0 Å². The van der Waals surface area contributed by atoms with Crippen LogP contribution in [-0.4, -0.2) is 29.6 Å². The predicted octanol–water partition coefficient (Wildman–Crippen LogP) is -0.109. The molecule has 0 fully saturated rings. The van der Waals surface area contributed by atoms with E-state index in [9.17, 15) is 0 Å². The van der Waals surface area contributed by atoms with Crippen molar-refractivity contribution in [3.63, 3.8) is 0 Å². The summed E-state index contributed by atoms with van der Waals surface area (Å²) in [5.41, 5.74) is 5.35. The van der Waals surface area contributed by atoms with Gasteiger partial charge in [-0.05, 0) is 19.5 Å². The highest BCUT2D eigenvalue weighted by Crippen LogP contribution is 1.87. The topological polar surface area (TPSA) is 66.7 Å². The van der Waals surface area contributed by atoms with Crippen molar-refractivity contribution >= 4 is 0 Å². The Morgan fingerprint density at radius 2 is 2.42 bits per heavy atom. The molecule has 0 bridgehead atoms. The van der Waals surface area contributed by atoms with Gasteiger partial charge in [0.1, 0.15) is 5.82 Å². The molecule has 4 heteroatoms. The number of aromatic nitrogens is 2. The maximum atomic E-state index is 5.35. The SMILES string of the molecule is NCCCNCCc1ncc[nH]1. The molecular formula is C8H16N4. The number of rotatable bonds is 6. The molecule has 0 spiro atoms. The highest BCUT2D eigenvalue weighted by Gasteiger charge is 1.92. The maximum absolute atomic E-state index is 5.35. The van der Waals surface area contributed by atoms with E-state index in [0.717, 1.165) is 38.3 Å². The Bertz CT molecular complexity index is 183. The molecule has 0 unspecified atom stereocenters. The first-order valence-electron chi connectivity index (χ1n) is 4.32. The van der Waals surface area contributed by atoms with Crippen molar-refractivity contribution in [2.75, 3.05) is 19.6 Å². The van der Waals surface area contributed by atoms with E-state index < -0.39 is 0 Å². The van der Waals surface area contributed by atoms with Crippen molar-refractivity contribution in [3.05, 3.63) is 18.2 Å². The van der Waals surface area contributed by atoms with Gasteiger partial charge in [-0.3, -0.25) is 0 Å². The summed E-state index contributed by atoms with van der Waals surface area (Å²) >= 11 is 0. The Morgan fingerprint density at radius 1 is 1.50 bits per heavy atom. The van der Waals surface area contributed by atoms with E-state index in [1.807, 2.05) is 6.20 Å². The lowest BCUT2D eigenvalue weighted by Crippen LogP contribution is -2.21. The smallest absolute Gasteiger partial charge is 0.107 e. The lowest BCUT2D eigenvalue weighted by molar-refractivity contribution is 0.645. The van der Waals surface area contributed by atoms with Crippen molar-refractivity contribution in [3.8, 4) is 0 Å². The molecule has 1 aromatic heterocycles. The first-order chi connectivity index (χ1) is 5.93. The van der Waals surface area contributed by atoms with Gasteiger partial charge >= 0.3 is 0 Å². The van der Waals surface area contributed by atoms with E-state index in [1.165, 1.54) is 0 Å². The van der Waals surface area contributed by atoms with E-state index >= 15 is 0 Å². The van der Waals surface area contributed by atoms with Gasteiger partial charge in [-0.2, -0.15) is 0 Å². The van der Waals surface area contributed by atoms with Crippen LogP contribution in [-0.2, 0) is 6.42 Å². The summed E-state index contributed by atoms with van der Waals surface area (Å²) in [6.45, 7) is 2.72. The average molecular weight is 168 g/mol. The Balaban J connectivity index is 1.96. The molecule has 4 N–H and O–H groups in total. The average Bonchev–Trinajstić information content (AvgIpc) is 2.57. The first kappa shape index (κ1) is 9.22. The van der Waals surface area contributed by atoms with Gasteiger partial charge in [-0.1, -0.05) is 0 Å². The summed E-state index contributed by atoms with van der Waals surface area (Å²) < 4.78 is 0. The summed E-state index contributed by atoms with van der Waals surface area (Å²) in [5.74, 6) is 1.04. The molecule has 1 aromatic rings. The number of nitrogens with two attached hydrogens (primary N) is 1. The third-order valence-electron chi connectivity index (χ3n) is 1.65. The number of nitrogens with zero attached hydrogens (tertiary/aromatic N) is 1. The molecule has 0 aromatic carbocycles. The van der Waals surface area contributed by atoms with Crippen molar-refractivity contribution in [2.45, 2.75) is 12.8 Å². The monoisotopic (exact) mass is 168 g/mol. The van der Waals surface area contributed by atoms with Crippen LogP contribution in [0.3, 0.4) is 0 Å². The van der Waals surface area contributed by atoms with Crippen LogP contribution < -0.4 is 11.1 Å². The van der Waals surface area contributed by atoms with Crippen LogP contribution in [0.15, 0.2) is 12.4 Å². The predicted molar refractivity (Wildman–Crippen MR) is 48.8 cm³/mol. The zero-order valence-corrected chi connectivity index (χ0v) is 7.21. The molecule has 68 valence electrons. The van der Waals surface area contributed by atoms with Crippen LogP contribution in [0.1, 0.15) is 12.2 Å². The van der Waals surface area contributed by atoms with Gasteiger partial charge < -0.3 is 16.0 Å². The fraction of sp³-hybridized carbons (Fsp3) is 0.625. The standard InChI is InChI=1S/C8H16N4/c9-3-1-4-10-5-2-8-11-6-7-12-8/h6-7,10H,1-5,9H2,(H,11,12). The van der Waals surface area contributed by atoms with Gasteiger partial charge in [0.15, 0.2) is 0 Å². The van der Waals surface area contributed by atoms with Crippen molar-refractivity contribution in [1.29, 1.82) is 0 Å². The van der Waals surface area contributed by atoms with E-state index in [0.29, 0.717) is 0 Å². The second kappa shape index (κ2) is 5.74. The van der Waals surface area contributed by atoms with E-state index in [1.54, 1.807) is 6.20 Å². The number of aromatic amines is 1. The second-order valence-corrected chi connectivity index (χ2v) is 2.68. The maximum Gasteiger partial charge on any atom is 0.107 e. The number of nitrogens with one attached hydrogen (secondary N) is 2. The van der Waals surface area contributed by atoms with Gasteiger partial charge in [0.2, 0.25) is 0 Å². The third-order valence-corrected chi connectivity index (χ3v) is 1.65. The van der Waals surface area contributed by atoms with E-state index in [2.05, 4.69) is 15.3 Å². The summed E-state index contributed by atoms with van der Waals surface area (Å²) in [5, 5.41) is 3.28. The molecule has 0 saturated carbocycles. The number of hydrogen-bond acceptors (Lipinski definition) is 3. The van der Waals surface area contributed by atoms with E-state index in [4.69, 9.17) is 5.73 Å². The Kier molecular flexibility index (Phi) is 4.41. The summed E-state index contributed by atoms with van der Waals surface area (Å²) in [7, 11) is 0.